The molecule has 0 bridgehead atoms. The molecule has 0 aliphatic rings. The minimum absolute atomic E-state index is 0.00124. The van der Waals surface area contributed by atoms with Crippen LogP contribution in [0.4, 0.5) is 0 Å². The molecule has 2 N–H and O–H groups in total. The SMILES string of the molecule is CCCCCCCCCCCCCCCCCC(=O)C(=N)c1ccc(O)c(OC)c1. The third kappa shape index (κ3) is 11.4. The molecule has 0 aliphatic carbocycles. The van der Waals surface area contributed by atoms with E-state index in [1.54, 1.807) is 12.1 Å². The van der Waals surface area contributed by atoms with Crippen LogP contribution in [0.15, 0.2) is 18.2 Å². The van der Waals surface area contributed by atoms with E-state index in [1.165, 1.54) is 96.6 Å². The highest BCUT2D eigenvalue weighted by Gasteiger charge is 2.13. The Morgan fingerprint density at radius 1 is 0.833 bits per heavy atom. The number of Topliss-reactive ketones (excluding diaryl/α,β-unsaturated/α-hetero) is 1. The van der Waals surface area contributed by atoms with E-state index in [0.29, 0.717) is 12.0 Å². The maximum atomic E-state index is 12.2. The number of methoxy groups -OCH3 is 1. The van der Waals surface area contributed by atoms with E-state index in [9.17, 15) is 9.90 Å². The molecule has 0 amide bonds. The monoisotopic (exact) mass is 417 g/mol. The number of phenolic OH excluding ortho intramolecular Hbond substituents is 1. The number of unbranched alkanes of at least 4 members (excludes halogenated alkanes) is 14. The average molecular weight is 418 g/mol. The van der Waals surface area contributed by atoms with Crippen LogP contribution in [0.25, 0.3) is 0 Å². The number of ether oxygens (including phenoxy) is 1. The molecule has 0 radical (unpaired) electrons. The van der Waals surface area contributed by atoms with Crippen molar-refractivity contribution < 1.29 is 14.6 Å². The summed E-state index contributed by atoms with van der Waals surface area (Å²) in [5.74, 6) is 0.165. The first-order chi connectivity index (χ1) is 14.6. The van der Waals surface area contributed by atoms with Gasteiger partial charge in [-0.2, -0.15) is 0 Å². The minimum atomic E-state index is -0.141. The number of hydrogen-bond acceptors (Lipinski definition) is 4. The topological polar surface area (TPSA) is 70.4 Å². The van der Waals surface area contributed by atoms with Gasteiger partial charge in [-0.1, -0.05) is 96.8 Å². The summed E-state index contributed by atoms with van der Waals surface area (Å²) in [6.07, 6.45) is 19.9. The van der Waals surface area contributed by atoms with Crippen molar-refractivity contribution in [1.29, 1.82) is 5.41 Å². The van der Waals surface area contributed by atoms with E-state index >= 15 is 0 Å². The highest BCUT2D eigenvalue weighted by Crippen LogP contribution is 2.26. The van der Waals surface area contributed by atoms with Gasteiger partial charge in [-0.25, -0.2) is 0 Å². The van der Waals surface area contributed by atoms with Gasteiger partial charge in [0.05, 0.1) is 7.11 Å². The minimum Gasteiger partial charge on any atom is -0.504 e. The maximum Gasteiger partial charge on any atom is 0.181 e. The van der Waals surface area contributed by atoms with Gasteiger partial charge in [-0.05, 0) is 24.6 Å². The Bertz CT molecular complexity index is 612. The predicted octanol–water partition coefficient (Wildman–Crippen LogP) is 7.60. The molecule has 0 heterocycles. The Hall–Kier alpha value is -1.84. The smallest absolute Gasteiger partial charge is 0.181 e. The number of nitrogens with one attached hydrogen (secondary N) is 1. The first kappa shape index (κ1) is 26.2. The Morgan fingerprint density at radius 2 is 1.30 bits per heavy atom. The van der Waals surface area contributed by atoms with Crippen LogP contribution in [0, 0.1) is 5.41 Å². The average Bonchev–Trinajstić information content (AvgIpc) is 2.76. The standard InChI is InChI=1S/C26H43NO3/c1-3-4-5-6-7-8-9-10-11-12-13-14-15-16-17-18-24(29)26(27)22-19-20-23(28)25(21-22)30-2/h19-21,27-28H,3-18H2,1-2H3. The number of benzene rings is 1. The van der Waals surface area contributed by atoms with Crippen LogP contribution in [0.3, 0.4) is 0 Å². The number of ketones is 1. The molecule has 0 saturated heterocycles. The highest BCUT2D eigenvalue weighted by molar-refractivity contribution is 6.44. The summed E-state index contributed by atoms with van der Waals surface area (Å²) in [7, 11) is 1.46. The first-order valence-corrected chi connectivity index (χ1v) is 12.1. The summed E-state index contributed by atoms with van der Waals surface area (Å²) in [5.41, 5.74) is 0.495. The molecule has 0 aliphatic heterocycles. The van der Waals surface area contributed by atoms with Gasteiger partial charge in [0.25, 0.3) is 0 Å². The number of carbonyl (C=O) groups excluding carboxylic acids is 1. The quantitative estimate of drug-likeness (QED) is 0.180. The second kappa shape index (κ2) is 16.9. The van der Waals surface area contributed by atoms with E-state index in [2.05, 4.69) is 6.92 Å². The van der Waals surface area contributed by atoms with Crippen LogP contribution in [-0.4, -0.2) is 23.7 Å². The zero-order chi connectivity index (χ0) is 22.0. The fourth-order valence-electron chi connectivity index (χ4n) is 3.78. The lowest BCUT2D eigenvalue weighted by atomic mass is 10.0. The van der Waals surface area contributed by atoms with Gasteiger partial charge in [0.2, 0.25) is 0 Å². The van der Waals surface area contributed by atoms with Crippen LogP contribution in [0.5, 0.6) is 11.5 Å². The van der Waals surface area contributed by atoms with Crippen LogP contribution in [0.1, 0.15) is 115 Å². The molecule has 1 aromatic rings. The molecule has 170 valence electrons. The molecule has 0 spiro atoms. The summed E-state index contributed by atoms with van der Waals surface area (Å²) in [6.45, 7) is 2.27. The van der Waals surface area contributed by atoms with E-state index in [0.717, 1.165) is 12.8 Å². The van der Waals surface area contributed by atoms with Gasteiger partial charge < -0.3 is 9.84 Å². The second-order valence-corrected chi connectivity index (χ2v) is 8.38. The van der Waals surface area contributed by atoms with Crippen LogP contribution >= 0.6 is 0 Å². The molecule has 0 aromatic heterocycles. The van der Waals surface area contributed by atoms with E-state index in [1.807, 2.05) is 0 Å². The van der Waals surface area contributed by atoms with Gasteiger partial charge in [-0.3, -0.25) is 10.2 Å². The van der Waals surface area contributed by atoms with Gasteiger partial charge in [-0.15, -0.1) is 0 Å². The molecule has 30 heavy (non-hydrogen) atoms. The zero-order valence-corrected chi connectivity index (χ0v) is 19.3. The largest absolute Gasteiger partial charge is 0.504 e. The third-order valence-electron chi connectivity index (χ3n) is 5.75. The van der Waals surface area contributed by atoms with Crippen molar-refractivity contribution in [2.24, 2.45) is 0 Å². The molecule has 0 fully saturated rings. The summed E-state index contributed by atoms with van der Waals surface area (Å²) < 4.78 is 5.05. The summed E-state index contributed by atoms with van der Waals surface area (Å²) in [6, 6.07) is 4.59. The summed E-state index contributed by atoms with van der Waals surface area (Å²) in [4.78, 5) is 12.2. The lowest BCUT2D eigenvalue weighted by Crippen LogP contribution is -2.14. The van der Waals surface area contributed by atoms with Crippen molar-refractivity contribution in [1.82, 2.24) is 0 Å². The number of rotatable bonds is 19. The fourth-order valence-corrected chi connectivity index (χ4v) is 3.78. The maximum absolute atomic E-state index is 12.2. The molecule has 0 unspecified atom stereocenters. The Kier molecular flexibility index (Phi) is 14.8. The molecule has 0 atom stereocenters. The molecular weight excluding hydrogens is 374 g/mol. The molecule has 1 rings (SSSR count). The molecule has 4 nitrogen and oxygen atoms in total. The van der Waals surface area contributed by atoms with E-state index < -0.39 is 0 Å². The van der Waals surface area contributed by atoms with Crippen LogP contribution < -0.4 is 4.74 Å². The number of phenols is 1. The Balaban J connectivity index is 1.99. The molecule has 4 heteroatoms. The third-order valence-corrected chi connectivity index (χ3v) is 5.75. The molecule has 1 aromatic carbocycles. The Labute approximate surface area is 183 Å². The van der Waals surface area contributed by atoms with Crippen molar-refractivity contribution in [2.45, 2.75) is 110 Å². The molecular formula is C26H43NO3. The Morgan fingerprint density at radius 3 is 1.77 bits per heavy atom. The van der Waals surface area contributed by atoms with E-state index in [4.69, 9.17) is 10.1 Å². The zero-order valence-electron chi connectivity index (χ0n) is 19.3. The van der Waals surface area contributed by atoms with Gasteiger partial charge in [0.15, 0.2) is 17.3 Å². The van der Waals surface area contributed by atoms with Crippen molar-refractivity contribution >= 4 is 11.5 Å². The van der Waals surface area contributed by atoms with Gasteiger partial charge in [0.1, 0.15) is 5.71 Å². The number of carbonyl (C=O) groups is 1. The number of hydrogen-bond donors (Lipinski definition) is 2. The predicted molar refractivity (Wildman–Crippen MR) is 126 cm³/mol. The van der Waals surface area contributed by atoms with E-state index in [-0.39, 0.29) is 23.0 Å². The normalized spacial score (nSPS) is 10.9. The first-order valence-electron chi connectivity index (χ1n) is 12.1. The van der Waals surface area contributed by atoms with Crippen LogP contribution in [-0.2, 0) is 4.79 Å². The van der Waals surface area contributed by atoms with Crippen molar-refractivity contribution in [3.8, 4) is 11.5 Å². The van der Waals surface area contributed by atoms with Crippen molar-refractivity contribution in [3.05, 3.63) is 23.8 Å². The van der Waals surface area contributed by atoms with Crippen molar-refractivity contribution in [3.63, 3.8) is 0 Å². The number of aromatic hydroxyl groups is 1. The second-order valence-electron chi connectivity index (χ2n) is 8.38. The lowest BCUT2D eigenvalue weighted by Gasteiger charge is -2.07. The highest BCUT2D eigenvalue weighted by atomic mass is 16.5. The van der Waals surface area contributed by atoms with Crippen molar-refractivity contribution in [2.75, 3.05) is 7.11 Å². The summed E-state index contributed by atoms with van der Waals surface area (Å²) in [5, 5.41) is 17.7. The summed E-state index contributed by atoms with van der Waals surface area (Å²) >= 11 is 0. The molecule has 0 saturated carbocycles. The fraction of sp³-hybridized carbons (Fsp3) is 0.692. The lowest BCUT2D eigenvalue weighted by molar-refractivity contribution is -0.113. The van der Waals surface area contributed by atoms with Crippen LogP contribution in [0.2, 0.25) is 0 Å². The van der Waals surface area contributed by atoms with Gasteiger partial charge in [0, 0.05) is 12.0 Å². The van der Waals surface area contributed by atoms with Gasteiger partial charge >= 0.3 is 0 Å².